The Morgan fingerprint density at radius 3 is 2.52 bits per heavy atom. The van der Waals surface area contributed by atoms with Gasteiger partial charge in [0.2, 0.25) is 5.91 Å². The number of rotatable bonds is 5. The fraction of sp³-hybridized carbons (Fsp3) is 0.529. The number of piperidine rings is 1. The predicted molar refractivity (Wildman–Crippen MR) is 95.0 cm³/mol. The van der Waals surface area contributed by atoms with E-state index in [1.807, 2.05) is 24.0 Å². The molecular formula is C17H26ClN3O2. The van der Waals surface area contributed by atoms with Crippen molar-refractivity contribution in [1.82, 2.24) is 4.90 Å². The van der Waals surface area contributed by atoms with Gasteiger partial charge >= 0.3 is 0 Å². The number of carbonyl (C=O) groups is 2. The number of nitrogens with two attached hydrogens (primary N) is 1. The van der Waals surface area contributed by atoms with Crippen LogP contribution >= 0.6 is 12.4 Å². The quantitative estimate of drug-likeness (QED) is 0.866. The van der Waals surface area contributed by atoms with Gasteiger partial charge in [0.05, 0.1) is 11.3 Å². The molecule has 0 saturated carbocycles. The minimum absolute atomic E-state index is 0. The summed E-state index contributed by atoms with van der Waals surface area (Å²) in [5.41, 5.74) is 6.83. The highest BCUT2D eigenvalue weighted by Crippen LogP contribution is 2.20. The Balaban J connectivity index is 0.00000264. The summed E-state index contributed by atoms with van der Waals surface area (Å²) in [5, 5.41) is 2.84. The van der Waals surface area contributed by atoms with Gasteiger partial charge in [0, 0.05) is 25.6 Å². The highest BCUT2D eigenvalue weighted by molar-refractivity contribution is 6.03. The Labute approximate surface area is 144 Å². The van der Waals surface area contributed by atoms with Crippen molar-refractivity contribution in [3.8, 4) is 0 Å². The van der Waals surface area contributed by atoms with Crippen molar-refractivity contribution in [3.05, 3.63) is 29.8 Å². The first-order valence-electron chi connectivity index (χ1n) is 8.01. The average molecular weight is 340 g/mol. The number of nitrogens with one attached hydrogen (secondary N) is 1. The summed E-state index contributed by atoms with van der Waals surface area (Å²) in [4.78, 5) is 26.5. The second-order valence-corrected chi connectivity index (χ2v) is 5.96. The van der Waals surface area contributed by atoms with Crippen LogP contribution in [0.1, 0.15) is 49.4 Å². The molecule has 0 spiro atoms. The van der Waals surface area contributed by atoms with E-state index in [1.54, 1.807) is 12.1 Å². The molecular weight excluding hydrogens is 314 g/mol. The zero-order chi connectivity index (χ0) is 15.9. The van der Waals surface area contributed by atoms with Crippen molar-refractivity contribution in [3.63, 3.8) is 0 Å². The third-order valence-corrected chi connectivity index (χ3v) is 3.90. The topological polar surface area (TPSA) is 75.4 Å². The molecule has 1 aromatic carbocycles. The summed E-state index contributed by atoms with van der Waals surface area (Å²) >= 11 is 0. The van der Waals surface area contributed by atoms with E-state index in [0.29, 0.717) is 24.1 Å². The van der Waals surface area contributed by atoms with Crippen LogP contribution in [0.25, 0.3) is 0 Å². The van der Waals surface area contributed by atoms with Gasteiger partial charge in [-0.25, -0.2) is 0 Å². The Bertz CT molecular complexity index is 528. The maximum atomic E-state index is 12.6. The zero-order valence-corrected chi connectivity index (χ0v) is 14.4. The van der Waals surface area contributed by atoms with E-state index in [4.69, 9.17) is 5.73 Å². The molecule has 2 amide bonds. The summed E-state index contributed by atoms with van der Waals surface area (Å²) in [6.07, 6.45) is 4.28. The van der Waals surface area contributed by atoms with Gasteiger partial charge < -0.3 is 16.0 Å². The maximum Gasteiger partial charge on any atom is 0.255 e. The molecule has 2 rings (SSSR count). The lowest BCUT2D eigenvalue weighted by Crippen LogP contribution is -2.36. The van der Waals surface area contributed by atoms with Crippen LogP contribution in [0.3, 0.4) is 0 Å². The van der Waals surface area contributed by atoms with Gasteiger partial charge in [0.1, 0.15) is 0 Å². The van der Waals surface area contributed by atoms with Gasteiger partial charge in [0.25, 0.3) is 5.91 Å². The van der Waals surface area contributed by atoms with Crippen LogP contribution in [-0.4, -0.2) is 35.8 Å². The molecule has 23 heavy (non-hydrogen) atoms. The van der Waals surface area contributed by atoms with Crippen molar-refractivity contribution < 1.29 is 9.59 Å². The van der Waals surface area contributed by atoms with Crippen molar-refractivity contribution in [2.45, 2.75) is 45.1 Å². The average Bonchev–Trinajstić information content (AvgIpc) is 2.53. The molecule has 1 atom stereocenters. The molecule has 6 heteroatoms. The molecule has 1 fully saturated rings. The van der Waals surface area contributed by atoms with E-state index in [0.717, 1.165) is 25.9 Å². The second-order valence-electron chi connectivity index (χ2n) is 5.96. The third-order valence-electron chi connectivity index (χ3n) is 3.90. The normalized spacial score (nSPS) is 15.5. The Morgan fingerprint density at radius 1 is 1.22 bits per heavy atom. The highest BCUT2D eigenvalue weighted by atomic mass is 35.5. The highest BCUT2D eigenvalue weighted by Gasteiger charge is 2.21. The lowest BCUT2D eigenvalue weighted by Gasteiger charge is -2.27. The van der Waals surface area contributed by atoms with E-state index in [2.05, 4.69) is 5.32 Å². The van der Waals surface area contributed by atoms with Crippen LogP contribution in [0, 0.1) is 0 Å². The van der Waals surface area contributed by atoms with E-state index in [1.165, 1.54) is 6.42 Å². The molecule has 1 heterocycles. The summed E-state index contributed by atoms with van der Waals surface area (Å²) in [6.45, 7) is 3.47. The largest absolute Gasteiger partial charge is 0.339 e. The molecule has 1 aromatic rings. The number of benzene rings is 1. The monoisotopic (exact) mass is 339 g/mol. The molecule has 128 valence electrons. The number of likely N-dealkylation sites (tertiary alicyclic amines) is 1. The fourth-order valence-corrected chi connectivity index (χ4v) is 2.62. The van der Waals surface area contributed by atoms with Crippen LogP contribution in [0.4, 0.5) is 5.69 Å². The summed E-state index contributed by atoms with van der Waals surface area (Å²) < 4.78 is 0. The number of amides is 2. The first kappa shape index (κ1) is 19.5. The first-order valence-corrected chi connectivity index (χ1v) is 8.01. The smallest absolute Gasteiger partial charge is 0.255 e. The van der Waals surface area contributed by atoms with Gasteiger partial charge in [-0.15, -0.1) is 12.4 Å². The van der Waals surface area contributed by atoms with Crippen LogP contribution < -0.4 is 11.1 Å². The third kappa shape index (κ3) is 5.84. The molecule has 1 unspecified atom stereocenters. The van der Waals surface area contributed by atoms with Gasteiger partial charge in [-0.1, -0.05) is 12.1 Å². The number of hydrogen-bond donors (Lipinski definition) is 2. The number of anilines is 1. The Kier molecular flexibility index (Phi) is 8.06. The first-order chi connectivity index (χ1) is 10.6. The number of nitrogens with zero attached hydrogens (tertiary/aromatic N) is 1. The molecule has 3 N–H and O–H groups in total. The molecule has 0 aliphatic carbocycles. The number of halogens is 1. The van der Waals surface area contributed by atoms with E-state index >= 15 is 0 Å². The van der Waals surface area contributed by atoms with E-state index in [-0.39, 0.29) is 30.3 Å². The van der Waals surface area contributed by atoms with Crippen molar-refractivity contribution in [2.24, 2.45) is 5.73 Å². The van der Waals surface area contributed by atoms with Crippen LogP contribution in [0.2, 0.25) is 0 Å². The molecule has 5 nitrogen and oxygen atoms in total. The van der Waals surface area contributed by atoms with Crippen molar-refractivity contribution in [2.75, 3.05) is 18.4 Å². The van der Waals surface area contributed by atoms with Gasteiger partial charge in [-0.2, -0.15) is 0 Å². The number of para-hydroxylation sites is 1. The lowest BCUT2D eigenvalue weighted by atomic mass is 10.1. The van der Waals surface area contributed by atoms with Crippen LogP contribution in [0.15, 0.2) is 24.3 Å². The lowest BCUT2D eigenvalue weighted by molar-refractivity contribution is -0.116. The van der Waals surface area contributed by atoms with Gasteiger partial charge in [-0.05, 0) is 44.7 Å². The molecule has 1 aliphatic heterocycles. The minimum Gasteiger partial charge on any atom is -0.339 e. The molecule has 0 aromatic heterocycles. The number of hydrogen-bond acceptors (Lipinski definition) is 3. The fourth-order valence-electron chi connectivity index (χ4n) is 2.62. The molecule has 1 aliphatic rings. The zero-order valence-electron chi connectivity index (χ0n) is 13.6. The van der Waals surface area contributed by atoms with Crippen LogP contribution in [0.5, 0.6) is 0 Å². The van der Waals surface area contributed by atoms with E-state index in [9.17, 15) is 9.59 Å². The second kappa shape index (κ2) is 9.53. The molecule has 0 bridgehead atoms. The van der Waals surface area contributed by atoms with Crippen molar-refractivity contribution >= 4 is 29.9 Å². The SMILES string of the molecule is CC(N)CCC(=O)Nc1ccccc1C(=O)N1CCCCC1.Cl. The maximum absolute atomic E-state index is 12.6. The summed E-state index contributed by atoms with van der Waals surface area (Å²) in [6, 6.07) is 7.21. The molecule has 1 saturated heterocycles. The number of carbonyl (C=O) groups excluding carboxylic acids is 2. The summed E-state index contributed by atoms with van der Waals surface area (Å²) in [5.74, 6) is -0.0982. The molecule has 0 radical (unpaired) electrons. The van der Waals surface area contributed by atoms with Crippen molar-refractivity contribution in [1.29, 1.82) is 0 Å². The minimum atomic E-state index is -0.101. The Morgan fingerprint density at radius 2 is 1.87 bits per heavy atom. The predicted octanol–water partition coefficient (Wildman–Crippen LogP) is 2.80. The van der Waals surface area contributed by atoms with Gasteiger partial charge in [-0.3, -0.25) is 9.59 Å². The Hall–Kier alpha value is -1.59. The standard InChI is InChI=1S/C17H25N3O2.ClH/c1-13(18)9-10-16(21)19-15-8-4-3-7-14(15)17(22)20-11-5-2-6-12-20;/h3-4,7-8,13H,2,5-6,9-12,18H2,1H3,(H,19,21);1H. The van der Waals surface area contributed by atoms with Crippen LogP contribution in [-0.2, 0) is 4.79 Å². The van der Waals surface area contributed by atoms with E-state index < -0.39 is 0 Å². The summed E-state index contributed by atoms with van der Waals surface area (Å²) in [7, 11) is 0. The van der Waals surface area contributed by atoms with Gasteiger partial charge in [0.15, 0.2) is 0 Å².